The first kappa shape index (κ1) is 19.8. The van der Waals surface area contributed by atoms with Crippen molar-refractivity contribution < 1.29 is 13.9 Å². The number of aromatic nitrogens is 2. The molecule has 1 atom stereocenters. The molecule has 2 aromatic carbocycles. The number of ether oxygens (including phenoxy) is 1. The summed E-state index contributed by atoms with van der Waals surface area (Å²) in [6.45, 7) is 1.67. The molecule has 0 aliphatic rings. The number of carbonyl (C=O) groups is 1. The van der Waals surface area contributed by atoms with Crippen molar-refractivity contribution >= 4 is 34.1 Å². The number of anilines is 1. The predicted molar refractivity (Wildman–Crippen MR) is 115 cm³/mol. The second kappa shape index (κ2) is 8.47. The van der Waals surface area contributed by atoms with E-state index in [0.29, 0.717) is 27.5 Å². The maximum absolute atomic E-state index is 13.4. The molecule has 0 bridgehead atoms. The molecule has 1 N–H and O–H groups in total. The monoisotopic (exact) mass is 421 g/mol. The molecule has 30 heavy (non-hydrogen) atoms. The highest BCUT2D eigenvalue weighted by molar-refractivity contribution is 6.33. The molecule has 1 unspecified atom stereocenters. The van der Waals surface area contributed by atoms with E-state index in [0.717, 1.165) is 10.9 Å². The third-order valence-electron chi connectivity index (χ3n) is 4.57. The third-order valence-corrected chi connectivity index (χ3v) is 4.88. The summed E-state index contributed by atoms with van der Waals surface area (Å²) in [6, 6.07) is 14.9. The van der Waals surface area contributed by atoms with Crippen LogP contribution in [0.3, 0.4) is 0 Å². The van der Waals surface area contributed by atoms with Gasteiger partial charge in [-0.05, 0) is 61.0 Å². The van der Waals surface area contributed by atoms with Crippen molar-refractivity contribution in [3.8, 4) is 16.9 Å². The SMILES string of the molecule is CC(Oc1ccc2c(-c3ccc(F)cc3Cl)ccnc2c1)C(=O)Nc1ccncc1. The maximum atomic E-state index is 13.4. The summed E-state index contributed by atoms with van der Waals surface area (Å²) < 4.78 is 19.2. The first-order valence-corrected chi connectivity index (χ1v) is 9.61. The second-order valence-electron chi connectivity index (χ2n) is 6.65. The molecule has 0 saturated carbocycles. The summed E-state index contributed by atoms with van der Waals surface area (Å²) in [7, 11) is 0. The van der Waals surface area contributed by atoms with E-state index < -0.39 is 11.9 Å². The highest BCUT2D eigenvalue weighted by Crippen LogP contribution is 2.34. The first-order chi connectivity index (χ1) is 14.5. The minimum Gasteiger partial charge on any atom is -0.481 e. The molecule has 4 aromatic rings. The fourth-order valence-electron chi connectivity index (χ4n) is 3.08. The van der Waals surface area contributed by atoms with Gasteiger partial charge in [0.1, 0.15) is 11.6 Å². The van der Waals surface area contributed by atoms with Gasteiger partial charge >= 0.3 is 0 Å². The average molecular weight is 422 g/mol. The van der Waals surface area contributed by atoms with Crippen LogP contribution in [0.1, 0.15) is 6.92 Å². The number of nitrogens with one attached hydrogen (secondary N) is 1. The van der Waals surface area contributed by atoms with Gasteiger partial charge in [0, 0.05) is 41.3 Å². The molecular formula is C23H17ClFN3O2. The van der Waals surface area contributed by atoms with Crippen molar-refractivity contribution in [2.45, 2.75) is 13.0 Å². The lowest BCUT2D eigenvalue weighted by molar-refractivity contribution is -0.122. The van der Waals surface area contributed by atoms with Crippen molar-refractivity contribution in [2.24, 2.45) is 0 Å². The largest absolute Gasteiger partial charge is 0.481 e. The number of benzene rings is 2. The second-order valence-corrected chi connectivity index (χ2v) is 7.05. The molecule has 5 nitrogen and oxygen atoms in total. The standard InChI is InChI=1S/C23H17ClFN3O2/c1-14(23(29)28-16-6-9-26-10-7-16)30-17-3-5-20-18(8-11-27-22(20)13-17)19-4-2-15(25)12-21(19)24/h2-14H,1H3,(H,26,28,29). The lowest BCUT2D eigenvalue weighted by Crippen LogP contribution is -2.30. The number of carbonyl (C=O) groups excluding carboxylic acids is 1. The Morgan fingerprint density at radius 3 is 2.60 bits per heavy atom. The normalized spacial score (nSPS) is 11.8. The van der Waals surface area contributed by atoms with E-state index in [1.165, 1.54) is 12.1 Å². The number of rotatable bonds is 5. The Labute approximate surface area is 177 Å². The van der Waals surface area contributed by atoms with E-state index in [1.807, 2.05) is 12.1 Å². The van der Waals surface area contributed by atoms with E-state index in [1.54, 1.807) is 55.8 Å². The van der Waals surface area contributed by atoms with Gasteiger partial charge in [0.15, 0.2) is 6.10 Å². The number of amides is 1. The molecule has 0 saturated heterocycles. The van der Waals surface area contributed by atoms with Gasteiger partial charge in [-0.3, -0.25) is 14.8 Å². The summed E-state index contributed by atoms with van der Waals surface area (Å²) in [6.07, 6.45) is 4.13. The van der Waals surface area contributed by atoms with Crippen molar-refractivity contribution in [1.29, 1.82) is 0 Å². The summed E-state index contributed by atoms with van der Waals surface area (Å²) in [5, 5.41) is 3.94. The Bertz CT molecular complexity index is 1220. The molecule has 7 heteroatoms. The smallest absolute Gasteiger partial charge is 0.265 e. The summed E-state index contributed by atoms with van der Waals surface area (Å²) in [4.78, 5) is 20.7. The number of halogens is 2. The molecule has 1 amide bonds. The molecule has 0 fully saturated rings. The van der Waals surface area contributed by atoms with Crippen LogP contribution in [0, 0.1) is 5.82 Å². The zero-order chi connectivity index (χ0) is 21.1. The lowest BCUT2D eigenvalue weighted by atomic mass is 10.0. The fraction of sp³-hybridized carbons (Fsp3) is 0.0870. The fourth-order valence-corrected chi connectivity index (χ4v) is 3.35. The third kappa shape index (κ3) is 4.23. The molecule has 2 aromatic heterocycles. The molecule has 0 aliphatic heterocycles. The zero-order valence-corrected chi connectivity index (χ0v) is 16.7. The van der Waals surface area contributed by atoms with Crippen LogP contribution in [0.25, 0.3) is 22.0 Å². The van der Waals surface area contributed by atoms with Crippen molar-refractivity contribution in [1.82, 2.24) is 9.97 Å². The minimum absolute atomic E-state index is 0.277. The van der Waals surface area contributed by atoms with Gasteiger partial charge in [-0.1, -0.05) is 11.6 Å². The Hall–Kier alpha value is -3.51. The molecule has 150 valence electrons. The molecule has 0 spiro atoms. The molecule has 0 radical (unpaired) electrons. The van der Waals surface area contributed by atoms with Crippen molar-refractivity contribution in [3.05, 3.63) is 84.0 Å². The molecular weight excluding hydrogens is 405 g/mol. The van der Waals surface area contributed by atoms with E-state index >= 15 is 0 Å². The molecule has 0 aliphatic carbocycles. The number of fused-ring (bicyclic) bond motifs is 1. The zero-order valence-electron chi connectivity index (χ0n) is 16.0. The number of hydrogen-bond donors (Lipinski definition) is 1. The van der Waals surface area contributed by atoms with Crippen LogP contribution in [0.15, 0.2) is 73.2 Å². The predicted octanol–water partition coefficient (Wildman–Crippen LogP) is 5.50. The Kier molecular flexibility index (Phi) is 5.59. The highest BCUT2D eigenvalue weighted by Gasteiger charge is 2.16. The van der Waals surface area contributed by atoms with Gasteiger partial charge < -0.3 is 10.1 Å². The van der Waals surface area contributed by atoms with E-state index in [-0.39, 0.29) is 5.91 Å². The topological polar surface area (TPSA) is 64.1 Å². The Balaban J connectivity index is 1.57. The average Bonchev–Trinajstić information content (AvgIpc) is 2.74. The van der Waals surface area contributed by atoms with Crippen LogP contribution in [0.5, 0.6) is 5.75 Å². The maximum Gasteiger partial charge on any atom is 0.265 e. The number of pyridine rings is 2. The van der Waals surface area contributed by atoms with Crippen LogP contribution >= 0.6 is 11.6 Å². The van der Waals surface area contributed by atoms with Crippen LogP contribution in [-0.4, -0.2) is 22.0 Å². The van der Waals surface area contributed by atoms with E-state index in [2.05, 4.69) is 15.3 Å². The van der Waals surface area contributed by atoms with Gasteiger partial charge in [-0.2, -0.15) is 0 Å². The summed E-state index contributed by atoms with van der Waals surface area (Å²) >= 11 is 6.23. The minimum atomic E-state index is -0.717. The van der Waals surface area contributed by atoms with Gasteiger partial charge in [-0.25, -0.2) is 4.39 Å². The highest BCUT2D eigenvalue weighted by atomic mass is 35.5. The summed E-state index contributed by atoms with van der Waals surface area (Å²) in [5.74, 6) is -0.160. The lowest BCUT2D eigenvalue weighted by Gasteiger charge is -2.15. The quantitative estimate of drug-likeness (QED) is 0.462. The summed E-state index contributed by atoms with van der Waals surface area (Å²) in [5.41, 5.74) is 2.86. The van der Waals surface area contributed by atoms with Gasteiger partial charge in [0.25, 0.3) is 5.91 Å². The Morgan fingerprint density at radius 1 is 1.03 bits per heavy atom. The van der Waals surface area contributed by atoms with Crippen molar-refractivity contribution in [2.75, 3.05) is 5.32 Å². The number of hydrogen-bond acceptors (Lipinski definition) is 4. The van der Waals surface area contributed by atoms with E-state index in [4.69, 9.17) is 16.3 Å². The Morgan fingerprint density at radius 2 is 1.83 bits per heavy atom. The van der Waals surface area contributed by atoms with Gasteiger partial charge in [-0.15, -0.1) is 0 Å². The van der Waals surface area contributed by atoms with Crippen molar-refractivity contribution in [3.63, 3.8) is 0 Å². The van der Waals surface area contributed by atoms with Crippen LogP contribution in [-0.2, 0) is 4.79 Å². The molecule has 4 rings (SSSR count). The first-order valence-electron chi connectivity index (χ1n) is 9.23. The van der Waals surface area contributed by atoms with Crippen LogP contribution in [0.4, 0.5) is 10.1 Å². The van der Waals surface area contributed by atoms with Crippen LogP contribution < -0.4 is 10.1 Å². The van der Waals surface area contributed by atoms with Gasteiger partial charge in [0.2, 0.25) is 0 Å². The van der Waals surface area contributed by atoms with E-state index in [9.17, 15) is 9.18 Å². The van der Waals surface area contributed by atoms with Crippen LogP contribution in [0.2, 0.25) is 5.02 Å². The van der Waals surface area contributed by atoms with Gasteiger partial charge in [0.05, 0.1) is 10.5 Å². The molecule has 2 heterocycles. The number of nitrogens with zero attached hydrogens (tertiary/aromatic N) is 2.